The van der Waals surface area contributed by atoms with Gasteiger partial charge in [0.05, 0.1) is 5.56 Å². The van der Waals surface area contributed by atoms with Gasteiger partial charge in [-0.1, -0.05) is 6.42 Å². The molecule has 0 unspecified atom stereocenters. The second kappa shape index (κ2) is 6.91. The lowest BCUT2D eigenvalue weighted by Crippen LogP contribution is -2.33. The first kappa shape index (κ1) is 14.3. The number of hydrogen-bond donors (Lipinski definition) is 1. The minimum Gasteiger partial charge on any atom is -0.368 e. The van der Waals surface area contributed by atoms with Crippen LogP contribution in [0.1, 0.15) is 48.9 Å². The first-order chi connectivity index (χ1) is 10.4. The van der Waals surface area contributed by atoms with Crippen molar-refractivity contribution in [1.82, 2.24) is 9.88 Å². The highest BCUT2D eigenvalue weighted by Crippen LogP contribution is 2.24. The molecule has 2 heterocycles. The number of nitriles is 1. The van der Waals surface area contributed by atoms with Crippen LogP contribution in [0.5, 0.6) is 0 Å². The Bertz CT molecular complexity index is 526. The number of hydrogen-bond acceptors (Lipinski definition) is 4. The lowest BCUT2D eigenvalue weighted by Gasteiger charge is -2.26. The van der Waals surface area contributed by atoms with Crippen molar-refractivity contribution < 1.29 is 0 Å². The first-order valence-corrected chi connectivity index (χ1v) is 8.26. The van der Waals surface area contributed by atoms with E-state index in [-0.39, 0.29) is 0 Å². The molecule has 2 aliphatic rings. The lowest BCUT2D eigenvalue weighted by atomic mass is 9.95. The maximum Gasteiger partial charge on any atom is 0.144 e. The van der Waals surface area contributed by atoms with Gasteiger partial charge in [-0.3, -0.25) is 0 Å². The van der Waals surface area contributed by atoms with Gasteiger partial charge in [-0.15, -0.1) is 0 Å². The second-order valence-corrected chi connectivity index (χ2v) is 6.14. The molecule has 0 aromatic carbocycles. The standard InChI is InChI=1S/C17H24N4/c18-13-15-12-14-6-2-3-7-16(14)20-17(15)19-8-11-21-9-4-1-5-10-21/h12H,1-11H2,(H,19,20). The van der Waals surface area contributed by atoms with Crippen molar-refractivity contribution in [2.45, 2.75) is 44.9 Å². The van der Waals surface area contributed by atoms with Crippen molar-refractivity contribution >= 4 is 5.82 Å². The van der Waals surface area contributed by atoms with Crippen LogP contribution in [0.15, 0.2) is 6.07 Å². The zero-order chi connectivity index (χ0) is 14.5. The Labute approximate surface area is 127 Å². The molecule has 112 valence electrons. The van der Waals surface area contributed by atoms with E-state index in [1.54, 1.807) is 0 Å². The summed E-state index contributed by atoms with van der Waals surface area (Å²) in [6.07, 6.45) is 8.59. The molecule has 0 atom stereocenters. The van der Waals surface area contributed by atoms with Crippen LogP contribution in [-0.2, 0) is 12.8 Å². The number of likely N-dealkylation sites (tertiary alicyclic amines) is 1. The minimum atomic E-state index is 0.703. The van der Waals surface area contributed by atoms with E-state index in [1.165, 1.54) is 56.5 Å². The average Bonchev–Trinajstić information content (AvgIpc) is 2.55. The van der Waals surface area contributed by atoms with E-state index in [4.69, 9.17) is 4.98 Å². The van der Waals surface area contributed by atoms with Gasteiger partial charge in [-0.05, 0) is 63.2 Å². The van der Waals surface area contributed by atoms with Crippen LogP contribution in [0.25, 0.3) is 0 Å². The monoisotopic (exact) mass is 284 g/mol. The van der Waals surface area contributed by atoms with E-state index in [2.05, 4.69) is 16.3 Å². The van der Waals surface area contributed by atoms with Gasteiger partial charge in [0, 0.05) is 18.8 Å². The van der Waals surface area contributed by atoms with Gasteiger partial charge in [0.15, 0.2) is 0 Å². The van der Waals surface area contributed by atoms with Crippen LogP contribution in [-0.4, -0.2) is 36.1 Å². The van der Waals surface area contributed by atoms with Crippen LogP contribution in [0.2, 0.25) is 0 Å². The zero-order valence-electron chi connectivity index (χ0n) is 12.7. The van der Waals surface area contributed by atoms with Crippen LogP contribution in [0.4, 0.5) is 5.82 Å². The predicted molar refractivity (Wildman–Crippen MR) is 84.4 cm³/mol. The molecule has 1 aliphatic carbocycles. The number of aromatic nitrogens is 1. The van der Waals surface area contributed by atoms with E-state index in [0.717, 1.165) is 31.7 Å². The number of piperidine rings is 1. The molecule has 1 aliphatic heterocycles. The largest absolute Gasteiger partial charge is 0.368 e. The Kier molecular flexibility index (Phi) is 4.72. The molecule has 21 heavy (non-hydrogen) atoms. The van der Waals surface area contributed by atoms with Gasteiger partial charge >= 0.3 is 0 Å². The van der Waals surface area contributed by atoms with E-state index < -0.39 is 0 Å². The summed E-state index contributed by atoms with van der Waals surface area (Å²) in [6.45, 7) is 4.35. The molecular formula is C17H24N4. The first-order valence-electron chi connectivity index (χ1n) is 8.26. The second-order valence-electron chi connectivity index (χ2n) is 6.14. The summed E-state index contributed by atoms with van der Waals surface area (Å²) >= 11 is 0. The number of anilines is 1. The number of fused-ring (bicyclic) bond motifs is 1. The molecule has 0 saturated carbocycles. The number of pyridine rings is 1. The molecule has 1 N–H and O–H groups in total. The van der Waals surface area contributed by atoms with Gasteiger partial charge < -0.3 is 10.2 Å². The predicted octanol–water partition coefficient (Wildman–Crippen LogP) is 2.73. The normalized spacial score (nSPS) is 18.8. The summed E-state index contributed by atoms with van der Waals surface area (Å²) in [5, 5.41) is 12.7. The van der Waals surface area contributed by atoms with Crippen molar-refractivity contribution in [1.29, 1.82) is 5.26 Å². The minimum absolute atomic E-state index is 0.703. The third kappa shape index (κ3) is 3.54. The Balaban J connectivity index is 1.62. The zero-order valence-corrected chi connectivity index (χ0v) is 12.7. The van der Waals surface area contributed by atoms with Crippen LogP contribution in [0.3, 0.4) is 0 Å². The summed E-state index contributed by atoms with van der Waals surface area (Å²) in [6, 6.07) is 4.34. The van der Waals surface area contributed by atoms with Gasteiger partial charge in [-0.2, -0.15) is 5.26 Å². The van der Waals surface area contributed by atoms with Gasteiger partial charge in [-0.25, -0.2) is 4.98 Å². The molecule has 0 spiro atoms. The molecule has 1 saturated heterocycles. The van der Waals surface area contributed by atoms with Gasteiger partial charge in [0.25, 0.3) is 0 Å². The quantitative estimate of drug-likeness (QED) is 0.923. The molecule has 0 radical (unpaired) electrons. The Hall–Kier alpha value is -1.60. The molecule has 1 fully saturated rings. The van der Waals surface area contributed by atoms with Crippen LogP contribution in [0, 0.1) is 11.3 Å². The fraction of sp³-hybridized carbons (Fsp3) is 0.647. The highest BCUT2D eigenvalue weighted by atomic mass is 15.1. The summed E-state index contributed by atoms with van der Waals surface area (Å²) in [4.78, 5) is 7.22. The molecule has 0 bridgehead atoms. The molecule has 4 heteroatoms. The summed E-state index contributed by atoms with van der Waals surface area (Å²) in [5.74, 6) is 0.787. The molecule has 1 aromatic rings. The Morgan fingerprint density at radius 2 is 1.95 bits per heavy atom. The fourth-order valence-electron chi connectivity index (χ4n) is 3.37. The van der Waals surface area contributed by atoms with E-state index in [1.807, 2.05) is 6.07 Å². The lowest BCUT2D eigenvalue weighted by molar-refractivity contribution is 0.237. The molecule has 1 aromatic heterocycles. The Morgan fingerprint density at radius 3 is 2.76 bits per heavy atom. The van der Waals surface area contributed by atoms with Crippen molar-refractivity contribution in [2.24, 2.45) is 0 Å². The highest BCUT2D eigenvalue weighted by Gasteiger charge is 2.15. The fourth-order valence-corrected chi connectivity index (χ4v) is 3.37. The molecule has 4 nitrogen and oxygen atoms in total. The Morgan fingerprint density at radius 1 is 1.14 bits per heavy atom. The van der Waals surface area contributed by atoms with E-state index in [9.17, 15) is 5.26 Å². The number of rotatable bonds is 4. The van der Waals surface area contributed by atoms with Gasteiger partial charge in [0.1, 0.15) is 11.9 Å². The van der Waals surface area contributed by atoms with Crippen molar-refractivity contribution in [3.63, 3.8) is 0 Å². The third-order valence-electron chi connectivity index (χ3n) is 4.59. The maximum atomic E-state index is 9.33. The average molecular weight is 284 g/mol. The molecular weight excluding hydrogens is 260 g/mol. The van der Waals surface area contributed by atoms with E-state index >= 15 is 0 Å². The van der Waals surface area contributed by atoms with Crippen LogP contribution >= 0.6 is 0 Å². The van der Waals surface area contributed by atoms with Crippen molar-refractivity contribution in [3.8, 4) is 6.07 Å². The summed E-state index contributed by atoms with van der Waals surface area (Å²) in [5.41, 5.74) is 3.18. The van der Waals surface area contributed by atoms with E-state index in [0.29, 0.717) is 5.56 Å². The summed E-state index contributed by atoms with van der Waals surface area (Å²) < 4.78 is 0. The summed E-state index contributed by atoms with van der Waals surface area (Å²) in [7, 11) is 0. The number of nitrogens with one attached hydrogen (secondary N) is 1. The van der Waals surface area contributed by atoms with Crippen molar-refractivity contribution in [2.75, 3.05) is 31.5 Å². The third-order valence-corrected chi connectivity index (χ3v) is 4.59. The maximum absolute atomic E-state index is 9.33. The number of nitrogens with zero attached hydrogens (tertiary/aromatic N) is 3. The van der Waals surface area contributed by atoms with Crippen LogP contribution < -0.4 is 5.32 Å². The number of aryl methyl sites for hydroxylation is 2. The van der Waals surface area contributed by atoms with Gasteiger partial charge in [0.2, 0.25) is 0 Å². The highest BCUT2D eigenvalue weighted by molar-refractivity contribution is 5.54. The molecule has 0 amide bonds. The van der Waals surface area contributed by atoms with Crippen molar-refractivity contribution in [3.05, 3.63) is 22.9 Å². The molecule has 3 rings (SSSR count). The SMILES string of the molecule is N#Cc1cc2c(nc1NCCN1CCCCC1)CCCC2. The topological polar surface area (TPSA) is 52.0 Å². The smallest absolute Gasteiger partial charge is 0.144 e.